The lowest BCUT2D eigenvalue weighted by Crippen LogP contribution is -2.24. The van der Waals surface area contributed by atoms with Crippen LogP contribution >= 0.6 is 0 Å². The quantitative estimate of drug-likeness (QED) is 0.653. The molecule has 0 saturated carbocycles. The average Bonchev–Trinajstić information content (AvgIpc) is 3.23. The maximum Gasteiger partial charge on any atom is 0.471 e. The maximum atomic E-state index is 13.8. The number of hydrogen-bond acceptors (Lipinski definition) is 5. The Bertz CT molecular complexity index is 1030. The van der Waals surface area contributed by atoms with Crippen LogP contribution in [0.2, 0.25) is 0 Å². The molecular weight excluding hydrogens is 368 g/mol. The molecule has 0 unspecified atom stereocenters. The van der Waals surface area contributed by atoms with Gasteiger partial charge in [-0.3, -0.25) is 9.78 Å². The third-order valence-corrected chi connectivity index (χ3v) is 4.09. The largest absolute Gasteiger partial charge is 0.471 e. The van der Waals surface area contributed by atoms with Gasteiger partial charge in [0.1, 0.15) is 5.82 Å². The molecular formula is C17H10F4N4O2. The van der Waals surface area contributed by atoms with Gasteiger partial charge in [-0.15, -0.1) is 0 Å². The summed E-state index contributed by atoms with van der Waals surface area (Å²) < 4.78 is 55.8. The zero-order valence-electron chi connectivity index (χ0n) is 13.5. The van der Waals surface area contributed by atoms with E-state index >= 15 is 0 Å². The van der Waals surface area contributed by atoms with Gasteiger partial charge >= 0.3 is 12.1 Å². The van der Waals surface area contributed by atoms with Gasteiger partial charge in [-0.25, -0.2) is 4.39 Å². The molecule has 0 spiro atoms. The van der Waals surface area contributed by atoms with Crippen LogP contribution < -0.4 is 0 Å². The Morgan fingerprint density at radius 3 is 2.74 bits per heavy atom. The Labute approximate surface area is 149 Å². The van der Waals surface area contributed by atoms with Gasteiger partial charge in [0.25, 0.3) is 5.91 Å². The predicted octanol–water partition coefficient (Wildman–Crippen LogP) is 3.45. The summed E-state index contributed by atoms with van der Waals surface area (Å²) in [5, 5.41) is 3.31. The van der Waals surface area contributed by atoms with E-state index in [2.05, 4.69) is 19.6 Å². The van der Waals surface area contributed by atoms with Crippen molar-refractivity contribution in [2.45, 2.75) is 19.3 Å². The van der Waals surface area contributed by atoms with Crippen molar-refractivity contribution in [3.63, 3.8) is 0 Å². The highest BCUT2D eigenvalue weighted by atomic mass is 19.4. The lowest BCUT2D eigenvalue weighted by atomic mass is 10.1. The molecule has 2 aromatic heterocycles. The van der Waals surface area contributed by atoms with Crippen molar-refractivity contribution in [2.24, 2.45) is 0 Å². The van der Waals surface area contributed by atoms with Crippen molar-refractivity contribution < 1.29 is 26.9 Å². The number of aromatic nitrogens is 3. The summed E-state index contributed by atoms with van der Waals surface area (Å²) in [5.41, 5.74) is 1.31. The van der Waals surface area contributed by atoms with E-state index in [-0.39, 0.29) is 36.1 Å². The van der Waals surface area contributed by atoms with Gasteiger partial charge in [0, 0.05) is 23.9 Å². The molecule has 0 atom stereocenters. The van der Waals surface area contributed by atoms with Crippen LogP contribution in [0.5, 0.6) is 0 Å². The van der Waals surface area contributed by atoms with Crippen LogP contribution in [0, 0.1) is 5.82 Å². The molecule has 1 aromatic carbocycles. The molecule has 0 bridgehead atoms. The van der Waals surface area contributed by atoms with E-state index in [4.69, 9.17) is 0 Å². The number of halogens is 4. The summed E-state index contributed by atoms with van der Waals surface area (Å²) in [6.07, 6.45) is -3.32. The summed E-state index contributed by atoms with van der Waals surface area (Å²) in [6, 6.07) is 7.20. The van der Waals surface area contributed by atoms with Crippen LogP contribution in [0.1, 0.15) is 27.5 Å². The Kier molecular flexibility index (Phi) is 3.90. The highest BCUT2D eigenvalue weighted by molar-refractivity contribution is 5.99. The van der Waals surface area contributed by atoms with E-state index in [0.717, 1.165) is 0 Å². The minimum absolute atomic E-state index is 0.0179. The van der Waals surface area contributed by atoms with E-state index in [1.807, 2.05) is 0 Å². The second kappa shape index (κ2) is 6.15. The van der Waals surface area contributed by atoms with Crippen LogP contribution in [0.4, 0.5) is 17.6 Å². The van der Waals surface area contributed by atoms with Crippen molar-refractivity contribution in [2.75, 3.05) is 0 Å². The summed E-state index contributed by atoms with van der Waals surface area (Å²) >= 11 is 0. The number of nitrogens with zero attached hydrogens (tertiary/aromatic N) is 4. The zero-order chi connectivity index (χ0) is 19.2. The maximum absolute atomic E-state index is 13.8. The van der Waals surface area contributed by atoms with Gasteiger partial charge in [-0.2, -0.15) is 18.2 Å². The normalized spacial score (nSPS) is 13.9. The number of benzene rings is 1. The van der Waals surface area contributed by atoms with Gasteiger partial charge in [0.15, 0.2) is 0 Å². The third-order valence-electron chi connectivity index (χ3n) is 4.09. The molecule has 0 fully saturated rings. The fourth-order valence-corrected chi connectivity index (χ4v) is 2.80. The lowest BCUT2D eigenvalue weighted by molar-refractivity contribution is -0.159. The number of carbonyl (C=O) groups is 1. The number of rotatable bonds is 3. The first kappa shape index (κ1) is 17.1. The van der Waals surface area contributed by atoms with Crippen LogP contribution in [0.25, 0.3) is 11.4 Å². The SMILES string of the molecule is O=C1c2cc(-c3noc(C(F)(F)F)n3)ccc2CN1Cc1ncccc1F. The molecule has 0 saturated heterocycles. The van der Waals surface area contributed by atoms with Crippen molar-refractivity contribution in [3.05, 3.63) is 65.1 Å². The molecule has 27 heavy (non-hydrogen) atoms. The van der Waals surface area contributed by atoms with E-state index < -0.39 is 17.9 Å². The molecule has 138 valence electrons. The number of fused-ring (bicyclic) bond motifs is 1. The van der Waals surface area contributed by atoms with Crippen molar-refractivity contribution >= 4 is 5.91 Å². The van der Waals surface area contributed by atoms with Crippen LogP contribution in [0.3, 0.4) is 0 Å². The predicted molar refractivity (Wildman–Crippen MR) is 82.5 cm³/mol. The molecule has 1 amide bonds. The first-order valence-corrected chi connectivity index (χ1v) is 7.76. The molecule has 1 aliphatic heterocycles. The summed E-state index contributed by atoms with van der Waals surface area (Å²) in [6.45, 7) is 0.223. The number of alkyl halides is 3. The molecule has 0 N–H and O–H groups in total. The molecule has 0 aliphatic carbocycles. The highest BCUT2D eigenvalue weighted by Gasteiger charge is 2.38. The van der Waals surface area contributed by atoms with E-state index in [1.54, 1.807) is 6.07 Å². The highest BCUT2D eigenvalue weighted by Crippen LogP contribution is 2.31. The van der Waals surface area contributed by atoms with E-state index in [1.165, 1.54) is 35.4 Å². The Morgan fingerprint density at radius 1 is 1.22 bits per heavy atom. The number of hydrogen-bond donors (Lipinski definition) is 0. The fourth-order valence-electron chi connectivity index (χ4n) is 2.80. The Hall–Kier alpha value is -3.30. The smallest absolute Gasteiger partial charge is 0.329 e. The van der Waals surface area contributed by atoms with Gasteiger partial charge < -0.3 is 9.42 Å². The molecule has 0 radical (unpaired) electrons. The van der Waals surface area contributed by atoms with Gasteiger partial charge in [0.05, 0.1) is 12.2 Å². The van der Waals surface area contributed by atoms with Crippen molar-refractivity contribution in [1.29, 1.82) is 0 Å². The van der Waals surface area contributed by atoms with Gasteiger partial charge in [-0.1, -0.05) is 17.3 Å². The van der Waals surface area contributed by atoms with Crippen LogP contribution in [-0.2, 0) is 19.3 Å². The minimum Gasteiger partial charge on any atom is -0.329 e. The third kappa shape index (κ3) is 3.14. The summed E-state index contributed by atoms with van der Waals surface area (Å²) in [5.74, 6) is -2.63. The molecule has 3 heterocycles. The molecule has 3 aromatic rings. The second-order valence-electron chi connectivity index (χ2n) is 5.89. The number of carbonyl (C=O) groups excluding carboxylic acids is 1. The van der Waals surface area contributed by atoms with Crippen LogP contribution in [-0.4, -0.2) is 25.9 Å². The topological polar surface area (TPSA) is 72.1 Å². The lowest BCUT2D eigenvalue weighted by Gasteiger charge is -2.15. The fraction of sp³-hybridized carbons (Fsp3) is 0.176. The molecule has 4 rings (SSSR count). The molecule has 6 nitrogen and oxygen atoms in total. The zero-order valence-corrected chi connectivity index (χ0v) is 13.5. The van der Waals surface area contributed by atoms with E-state index in [9.17, 15) is 22.4 Å². The molecule has 1 aliphatic rings. The monoisotopic (exact) mass is 378 g/mol. The average molecular weight is 378 g/mol. The number of pyridine rings is 1. The summed E-state index contributed by atoms with van der Waals surface area (Å²) in [4.78, 5) is 21.2. The van der Waals surface area contributed by atoms with Crippen LogP contribution in [0.15, 0.2) is 41.1 Å². The van der Waals surface area contributed by atoms with E-state index in [0.29, 0.717) is 11.1 Å². The van der Waals surface area contributed by atoms with Gasteiger partial charge in [0.2, 0.25) is 5.82 Å². The van der Waals surface area contributed by atoms with Gasteiger partial charge in [-0.05, 0) is 23.8 Å². The minimum atomic E-state index is -4.75. The first-order valence-electron chi connectivity index (χ1n) is 7.76. The summed E-state index contributed by atoms with van der Waals surface area (Å²) in [7, 11) is 0. The Balaban J connectivity index is 1.60. The Morgan fingerprint density at radius 2 is 2.04 bits per heavy atom. The first-order chi connectivity index (χ1) is 12.8. The van der Waals surface area contributed by atoms with Crippen molar-refractivity contribution in [3.8, 4) is 11.4 Å². The standard InChI is InChI=1S/C17H10F4N4O2/c18-12-2-1-5-22-13(12)8-25-7-10-4-3-9(6-11(10)15(25)26)14-23-16(27-24-14)17(19,20)21/h1-6H,7-8H2. The molecule has 10 heteroatoms. The number of amides is 1. The second-order valence-corrected chi connectivity index (χ2v) is 5.89. The van der Waals surface area contributed by atoms with Crippen molar-refractivity contribution in [1.82, 2.24) is 20.0 Å².